The fourth-order valence-corrected chi connectivity index (χ4v) is 1.75. The normalized spacial score (nSPS) is 12.4. The SMILES string of the molecule is CCc1occc1C(=O)N[C@H](CC(C)C)C(=O)O. The first kappa shape index (κ1) is 14.3. The summed E-state index contributed by atoms with van der Waals surface area (Å²) in [4.78, 5) is 23.0. The highest BCUT2D eigenvalue weighted by Crippen LogP contribution is 2.12. The smallest absolute Gasteiger partial charge is 0.326 e. The van der Waals surface area contributed by atoms with Crippen molar-refractivity contribution in [3.8, 4) is 0 Å². The molecule has 5 heteroatoms. The largest absolute Gasteiger partial charge is 0.480 e. The number of aliphatic carboxylic acids is 1. The zero-order chi connectivity index (χ0) is 13.7. The molecule has 0 aliphatic rings. The number of carbonyl (C=O) groups is 2. The van der Waals surface area contributed by atoms with Gasteiger partial charge < -0.3 is 14.8 Å². The van der Waals surface area contributed by atoms with Crippen LogP contribution in [0.1, 0.15) is 43.3 Å². The van der Waals surface area contributed by atoms with E-state index in [-0.39, 0.29) is 5.92 Å². The highest BCUT2D eigenvalue weighted by Gasteiger charge is 2.23. The van der Waals surface area contributed by atoms with E-state index in [4.69, 9.17) is 9.52 Å². The van der Waals surface area contributed by atoms with Gasteiger partial charge in [-0.3, -0.25) is 4.79 Å². The van der Waals surface area contributed by atoms with E-state index >= 15 is 0 Å². The molecule has 0 bridgehead atoms. The summed E-state index contributed by atoms with van der Waals surface area (Å²) in [6.45, 7) is 5.70. The Morgan fingerprint density at radius 2 is 2.11 bits per heavy atom. The number of carboxylic acids is 1. The van der Waals surface area contributed by atoms with E-state index in [0.29, 0.717) is 24.2 Å². The lowest BCUT2D eigenvalue weighted by Crippen LogP contribution is -2.41. The van der Waals surface area contributed by atoms with E-state index in [1.54, 1.807) is 6.07 Å². The first-order valence-corrected chi connectivity index (χ1v) is 6.05. The molecule has 0 spiro atoms. The summed E-state index contributed by atoms with van der Waals surface area (Å²) in [5.41, 5.74) is 0.410. The number of nitrogens with one attached hydrogen (secondary N) is 1. The molecule has 0 aliphatic heterocycles. The van der Waals surface area contributed by atoms with Crippen LogP contribution >= 0.6 is 0 Å². The average molecular weight is 253 g/mol. The molecular weight excluding hydrogens is 234 g/mol. The third-order valence-corrected chi connectivity index (χ3v) is 2.62. The molecule has 5 nitrogen and oxygen atoms in total. The molecule has 0 fully saturated rings. The van der Waals surface area contributed by atoms with Gasteiger partial charge in [0.25, 0.3) is 5.91 Å². The Labute approximate surface area is 106 Å². The van der Waals surface area contributed by atoms with Gasteiger partial charge >= 0.3 is 5.97 Å². The summed E-state index contributed by atoms with van der Waals surface area (Å²) in [6, 6.07) is 0.694. The van der Waals surface area contributed by atoms with Crippen molar-refractivity contribution in [3.05, 3.63) is 23.7 Å². The van der Waals surface area contributed by atoms with Crippen LogP contribution in [0.5, 0.6) is 0 Å². The quantitative estimate of drug-likeness (QED) is 0.813. The molecule has 1 rings (SSSR count). The monoisotopic (exact) mass is 253 g/mol. The highest BCUT2D eigenvalue weighted by atomic mass is 16.4. The number of aryl methyl sites for hydroxylation is 1. The molecule has 1 amide bonds. The van der Waals surface area contributed by atoms with Crippen molar-refractivity contribution in [2.24, 2.45) is 5.92 Å². The van der Waals surface area contributed by atoms with Crippen molar-refractivity contribution in [1.82, 2.24) is 5.32 Å². The lowest BCUT2D eigenvalue weighted by atomic mass is 10.0. The third kappa shape index (κ3) is 3.61. The van der Waals surface area contributed by atoms with Crippen LogP contribution in [0.25, 0.3) is 0 Å². The summed E-state index contributed by atoms with van der Waals surface area (Å²) < 4.78 is 5.15. The van der Waals surface area contributed by atoms with Crippen molar-refractivity contribution in [1.29, 1.82) is 0 Å². The molecule has 100 valence electrons. The second kappa shape index (κ2) is 6.23. The van der Waals surface area contributed by atoms with Crippen LogP contribution in [0.4, 0.5) is 0 Å². The second-order valence-electron chi connectivity index (χ2n) is 4.60. The predicted octanol–water partition coefficient (Wildman–Crippen LogP) is 2.07. The Balaban J connectivity index is 2.75. The maximum atomic E-state index is 11.9. The minimum Gasteiger partial charge on any atom is -0.480 e. The van der Waals surface area contributed by atoms with Gasteiger partial charge in [-0.2, -0.15) is 0 Å². The van der Waals surface area contributed by atoms with Crippen LogP contribution in [-0.2, 0) is 11.2 Å². The number of rotatable bonds is 6. The maximum absolute atomic E-state index is 11.9. The third-order valence-electron chi connectivity index (χ3n) is 2.62. The van der Waals surface area contributed by atoms with Crippen LogP contribution in [0, 0.1) is 5.92 Å². The highest BCUT2D eigenvalue weighted by molar-refractivity contribution is 5.97. The summed E-state index contributed by atoms with van der Waals surface area (Å²) in [5.74, 6) is -0.644. The minimum absolute atomic E-state index is 0.196. The van der Waals surface area contributed by atoms with E-state index in [0.717, 1.165) is 0 Å². The lowest BCUT2D eigenvalue weighted by Gasteiger charge is -2.16. The van der Waals surface area contributed by atoms with Gasteiger partial charge in [0.05, 0.1) is 11.8 Å². The van der Waals surface area contributed by atoms with Crippen molar-refractivity contribution in [2.75, 3.05) is 0 Å². The van der Waals surface area contributed by atoms with Gasteiger partial charge in [0.1, 0.15) is 11.8 Å². The number of amides is 1. The molecule has 0 saturated heterocycles. The molecule has 2 N–H and O–H groups in total. The van der Waals surface area contributed by atoms with Gasteiger partial charge in [-0.15, -0.1) is 0 Å². The van der Waals surface area contributed by atoms with Crippen molar-refractivity contribution in [2.45, 2.75) is 39.7 Å². The summed E-state index contributed by atoms with van der Waals surface area (Å²) in [5, 5.41) is 11.6. The van der Waals surface area contributed by atoms with E-state index in [1.807, 2.05) is 20.8 Å². The fraction of sp³-hybridized carbons (Fsp3) is 0.538. The van der Waals surface area contributed by atoms with E-state index in [9.17, 15) is 9.59 Å². The number of carboxylic acid groups (broad SMARTS) is 1. The second-order valence-corrected chi connectivity index (χ2v) is 4.60. The molecule has 0 aromatic carbocycles. The summed E-state index contributed by atoms with van der Waals surface area (Å²) in [7, 11) is 0. The number of furan rings is 1. The molecule has 1 heterocycles. The Hall–Kier alpha value is -1.78. The van der Waals surface area contributed by atoms with E-state index in [2.05, 4.69) is 5.32 Å². The summed E-state index contributed by atoms with van der Waals surface area (Å²) in [6.07, 6.45) is 2.43. The van der Waals surface area contributed by atoms with Crippen molar-refractivity contribution < 1.29 is 19.1 Å². The summed E-state index contributed by atoms with van der Waals surface area (Å²) >= 11 is 0. The topological polar surface area (TPSA) is 79.5 Å². The first-order chi connectivity index (χ1) is 8.45. The Kier molecular flexibility index (Phi) is 4.95. The molecule has 1 atom stereocenters. The minimum atomic E-state index is -1.02. The lowest BCUT2D eigenvalue weighted by molar-refractivity contribution is -0.139. The molecule has 1 aromatic rings. The van der Waals surface area contributed by atoms with Crippen molar-refractivity contribution in [3.63, 3.8) is 0 Å². The molecule has 1 aromatic heterocycles. The first-order valence-electron chi connectivity index (χ1n) is 6.05. The standard InChI is InChI=1S/C13H19NO4/c1-4-11-9(5-6-18-11)12(15)14-10(13(16)17)7-8(2)3/h5-6,8,10H,4,7H2,1-3H3,(H,14,15)(H,16,17)/t10-/m1/s1. The van der Waals surface area contributed by atoms with Gasteiger partial charge in [0.15, 0.2) is 0 Å². The van der Waals surface area contributed by atoms with Gasteiger partial charge in [-0.25, -0.2) is 4.79 Å². The number of hydrogen-bond acceptors (Lipinski definition) is 3. The Morgan fingerprint density at radius 3 is 2.61 bits per heavy atom. The fourth-order valence-electron chi connectivity index (χ4n) is 1.75. The van der Waals surface area contributed by atoms with E-state index < -0.39 is 17.9 Å². The molecule has 0 radical (unpaired) electrons. The van der Waals surface area contributed by atoms with Crippen LogP contribution in [-0.4, -0.2) is 23.0 Å². The van der Waals surface area contributed by atoms with Gasteiger partial charge in [-0.05, 0) is 18.4 Å². The molecular formula is C13H19NO4. The molecule has 0 unspecified atom stereocenters. The van der Waals surface area contributed by atoms with Crippen LogP contribution in [0.15, 0.2) is 16.7 Å². The maximum Gasteiger partial charge on any atom is 0.326 e. The van der Waals surface area contributed by atoms with Gasteiger partial charge in [0, 0.05) is 6.42 Å². The number of carbonyl (C=O) groups excluding carboxylic acids is 1. The molecule has 18 heavy (non-hydrogen) atoms. The number of hydrogen-bond donors (Lipinski definition) is 2. The van der Waals surface area contributed by atoms with Crippen LogP contribution in [0.2, 0.25) is 0 Å². The van der Waals surface area contributed by atoms with Crippen LogP contribution in [0.3, 0.4) is 0 Å². The van der Waals surface area contributed by atoms with Crippen molar-refractivity contribution >= 4 is 11.9 Å². The predicted molar refractivity (Wildman–Crippen MR) is 66.4 cm³/mol. The van der Waals surface area contributed by atoms with Crippen LogP contribution < -0.4 is 5.32 Å². The zero-order valence-electron chi connectivity index (χ0n) is 10.9. The van der Waals surface area contributed by atoms with Gasteiger partial charge in [-0.1, -0.05) is 20.8 Å². The Bertz CT molecular complexity index is 422. The Morgan fingerprint density at radius 1 is 1.44 bits per heavy atom. The van der Waals surface area contributed by atoms with E-state index in [1.165, 1.54) is 6.26 Å². The average Bonchev–Trinajstić information content (AvgIpc) is 2.75. The van der Waals surface area contributed by atoms with Gasteiger partial charge in [0.2, 0.25) is 0 Å². The zero-order valence-corrected chi connectivity index (χ0v) is 10.9. The molecule has 0 saturated carbocycles. The molecule has 0 aliphatic carbocycles.